The molecule has 1 saturated heterocycles. The van der Waals surface area contributed by atoms with Crippen LogP contribution in [0.25, 0.3) is 0 Å². The van der Waals surface area contributed by atoms with E-state index in [-0.39, 0.29) is 0 Å². The van der Waals surface area contributed by atoms with Crippen LogP contribution in [-0.4, -0.2) is 31.5 Å². The van der Waals surface area contributed by atoms with Gasteiger partial charge >= 0.3 is 7.75 Å². The molecule has 1 unspecified atom stereocenters. The van der Waals surface area contributed by atoms with E-state index in [1.165, 1.54) is 27.1 Å². The van der Waals surface area contributed by atoms with Crippen LogP contribution < -0.4 is 0 Å². The Kier molecular flexibility index (Phi) is 3.92. The molecule has 0 radical (unpaired) electrons. The molecule has 0 amide bonds. The number of hydrogen-bond donors (Lipinski definition) is 0. The molecule has 0 aromatic rings. The van der Waals surface area contributed by atoms with Crippen LogP contribution in [0, 0.1) is 0 Å². The van der Waals surface area contributed by atoms with E-state index in [0.29, 0.717) is 6.04 Å². The van der Waals surface area contributed by atoms with Gasteiger partial charge in [0.2, 0.25) is 0 Å². The smallest absolute Gasteiger partial charge is 0.300 e. The lowest BCUT2D eigenvalue weighted by Gasteiger charge is -2.14. The van der Waals surface area contributed by atoms with Gasteiger partial charge in [0.1, 0.15) is 0 Å². The monoisotopic (exact) mass is 207 g/mol. The maximum Gasteiger partial charge on any atom is 0.407 e. The second kappa shape index (κ2) is 4.56. The average molecular weight is 207 g/mol. The van der Waals surface area contributed by atoms with E-state index in [4.69, 9.17) is 9.05 Å². The van der Waals surface area contributed by atoms with Crippen molar-refractivity contribution in [3.05, 3.63) is 0 Å². The SMILES string of the molecule is CCCC[C@H]1CN1P(=O)(OC)OC. The Morgan fingerprint density at radius 2 is 2.08 bits per heavy atom. The standard InChI is InChI=1S/C8H18NO3P/c1-4-5-6-8-7-9(8)13(10,11-2)12-3/h8H,4-7H2,1-3H3/t8-,9?/m0/s1. The van der Waals surface area contributed by atoms with Crippen LogP contribution in [0.3, 0.4) is 0 Å². The fraction of sp³-hybridized carbons (Fsp3) is 1.00. The molecule has 1 heterocycles. The molecule has 1 aliphatic heterocycles. The van der Waals surface area contributed by atoms with Gasteiger partial charge in [-0.05, 0) is 6.42 Å². The third-order valence-electron chi connectivity index (χ3n) is 2.35. The molecule has 1 fully saturated rings. The van der Waals surface area contributed by atoms with Crippen LogP contribution in [-0.2, 0) is 13.6 Å². The minimum Gasteiger partial charge on any atom is -0.300 e. The zero-order valence-electron chi connectivity index (χ0n) is 8.52. The van der Waals surface area contributed by atoms with Crippen LogP contribution >= 0.6 is 7.75 Å². The third-order valence-corrected chi connectivity index (χ3v) is 4.39. The first kappa shape index (κ1) is 11.2. The van der Waals surface area contributed by atoms with Gasteiger partial charge in [-0.3, -0.25) is 9.05 Å². The summed E-state index contributed by atoms with van der Waals surface area (Å²) in [5.74, 6) is 0. The van der Waals surface area contributed by atoms with Gasteiger partial charge in [-0.15, -0.1) is 0 Å². The molecule has 0 saturated carbocycles. The van der Waals surface area contributed by atoms with Gasteiger partial charge in [0, 0.05) is 26.8 Å². The lowest BCUT2D eigenvalue weighted by atomic mass is 10.2. The highest BCUT2D eigenvalue weighted by Gasteiger charge is 2.48. The van der Waals surface area contributed by atoms with Gasteiger partial charge in [0.05, 0.1) is 0 Å². The molecule has 1 aliphatic rings. The molecular formula is C8H18NO3P. The molecule has 13 heavy (non-hydrogen) atoms. The van der Waals surface area contributed by atoms with Crippen molar-refractivity contribution in [1.82, 2.24) is 4.67 Å². The Morgan fingerprint density at radius 3 is 2.54 bits per heavy atom. The summed E-state index contributed by atoms with van der Waals surface area (Å²) in [5.41, 5.74) is 0. The van der Waals surface area contributed by atoms with Crippen LogP contribution in [0.1, 0.15) is 26.2 Å². The van der Waals surface area contributed by atoms with Gasteiger partial charge in [0.25, 0.3) is 0 Å². The molecular weight excluding hydrogens is 189 g/mol. The van der Waals surface area contributed by atoms with Crippen molar-refractivity contribution in [2.75, 3.05) is 20.8 Å². The van der Waals surface area contributed by atoms with Crippen molar-refractivity contribution in [3.8, 4) is 0 Å². The quantitative estimate of drug-likeness (QED) is 0.494. The Labute approximate surface area is 79.8 Å². The fourth-order valence-electron chi connectivity index (χ4n) is 1.43. The predicted molar refractivity (Wildman–Crippen MR) is 51.6 cm³/mol. The van der Waals surface area contributed by atoms with Gasteiger partial charge < -0.3 is 0 Å². The Morgan fingerprint density at radius 1 is 1.46 bits per heavy atom. The topological polar surface area (TPSA) is 38.5 Å². The van der Waals surface area contributed by atoms with E-state index in [1.807, 2.05) is 4.67 Å². The van der Waals surface area contributed by atoms with E-state index in [1.54, 1.807) is 0 Å². The van der Waals surface area contributed by atoms with Crippen LogP contribution in [0.5, 0.6) is 0 Å². The number of nitrogens with zero attached hydrogens (tertiary/aromatic N) is 1. The number of hydrogen-bond acceptors (Lipinski definition) is 3. The Balaban J connectivity index is 2.36. The Bertz CT molecular complexity index is 202. The lowest BCUT2D eigenvalue weighted by molar-refractivity contribution is 0.244. The predicted octanol–water partition coefficient (Wildman–Crippen LogP) is 2.26. The summed E-state index contributed by atoms with van der Waals surface area (Å²) in [6, 6.07) is 0.408. The second-order valence-electron chi connectivity index (χ2n) is 3.25. The van der Waals surface area contributed by atoms with Crippen LogP contribution in [0.2, 0.25) is 0 Å². The van der Waals surface area contributed by atoms with Gasteiger partial charge in [0.15, 0.2) is 0 Å². The zero-order chi connectivity index (χ0) is 9.90. The van der Waals surface area contributed by atoms with Gasteiger partial charge in [-0.2, -0.15) is 0 Å². The lowest BCUT2D eigenvalue weighted by Crippen LogP contribution is -2.02. The largest absolute Gasteiger partial charge is 0.407 e. The highest BCUT2D eigenvalue weighted by atomic mass is 31.2. The van der Waals surface area contributed by atoms with E-state index in [9.17, 15) is 4.57 Å². The fourth-order valence-corrected chi connectivity index (χ4v) is 2.91. The first-order chi connectivity index (χ1) is 6.18. The molecule has 0 aromatic heterocycles. The summed E-state index contributed by atoms with van der Waals surface area (Å²) in [4.78, 5) is 0. The van der Waals surface area contributed by atoms with Crippen molar-refractivity contribution < 1.29 is 13.6 Å². The molecule has 0 N–H and O–H groups in total. The first-order valence-electron chi connectivity index (χ1n) is 4.66. The van der Waals surface area contributed by atoms with E-state index < -0.39 is 7.75 Å². The maximum absolute atomic E-state index is 11.8. The van der Waals surface area contributed by atoms with Crippen molar-refractivity contribution >= 4 is 7.75 Å². The number of rotatable bonds is 6. The molecule has 5 heteroatoms. The van der Waals surface area contributed by atoms with Gasteiger partial charge in [-0.1, -0.05) is 19.8 Å². The molecule has 0 aromatic carbocycles. The normalized spacial score (nSPS) is 27.6. The first-order valence-corrected chi connectivity index (χ1v) is 6.16. The molecule has 78 valence electrons. The van der Waals surface area contributed by atoms with E-state index in [0.717, 1.165) is 13.0 Å². The highest BCUT2D eigenvalue weighted by molar-refractivity contribution is 7.51. The summed E-state index contributed by atoms with van der Waals surface area (Å²) in [6.45, 7) is 3.00. The minimum absolute atomic E-state index is 0.408. The van der Waals surface area contributed by atoms with Crippen LogP contribution in [0.15, 0.2) is 0 Å². The summed E-state index contributed by atoms with van der Waals surface area (Å²) in [6.07, 6.45) is 3.44. The minimum atomic E-state index is -2.90. The van der Waals surface area contributed by atoms with Crippen molar-refractivity contribution in [2.24, 2.45) is 0 Å². The molecule has 1 rings (SSSR count). The Hall–Kier alpha value is 0.110. The average Bonchev–Trinajstić information content (AvgIpc) is 2.93. The van der Waals surface area contributed by atoms with Gasteiger partial charge in [-0.25, -0.2) is 9.24 Å². The van der Waals surface area contributed by atoms with E-state index >= 15 is 0 Å². The molecule has 0 bridgehead atoms. The highest BCUT2D eigenvalue weighted by Crippen LogP contribution is 2.58. The number of unbranched alkanes of at least 4 members (excludes halogenated alkanes) is 1. The second-order valence-corrected chi connectivity index (χ2v) is 5.43. The maximum atomic E-state index is 11.8. The van der Waals surface area contributed by atoms with Crippen molar-refractivity contribution in [3.63, 3.8) is 0 Å². The summed E-state index contributed by atoms with van der Waals surface area (Å²) in [5, 5.41) is 0. The van der Waals surface area contributed by atoms with E-state index in [2.05, 4.69) is 6.92 Å². The molecule has 2 atom stereocenters. The zero-order valence-corrected chi connectivity index (χ0v) is 9.42. The molecule has 0 aliphatic carbocycles. The summed E-state index contributed by atoms with van der Waals surface area (Å²) >= 11 is 0. The molecule has 0 spiro atoms. The van der Waals surface area contributed by atoms with Crippen LogP contribution in [0.4, 0.5) is 0 Å². The van der Waals surface area contributed by atoms with Crippen molar-refractivity contribution in [1.29, 1.82) is 0 Å². The summed E-state index contributed by atoms with van der Waals surface area (Å²) in [7, 11) is -0.0449. The molecule has 4 nitrogen and oxygen atoms in total. The third kappa shape index (κ3) is 2.53. The summed E-state index contributed by atoms with van der Waals surface area (Å²) < 4.78 is 23.3. The van der Waals surface area contributed by atoms with Crippen molar-refractivity contribution in [2.45, 2.75) is 32.2 Å².